The third-order valence-electron chi connectivity index (χ3n) is 11.6. The molecular weight excluding hydrogens is 906 g/mol. The van der Waals surface area contributed by atoms with E-state index in [1.807, 2.05) is 48.7 Å². The van der Waals surface area contributed by atoms with Gasteiger partial charge in [0.25, 0.3) is 0 Å². The minimum absolute atomic E-state index is 0. The molecule has 59 heavy (non-hydrogen) atoms. The molecule has 0 radical (unpaired) electrons. The van der Waals surface area contributed by atoms with Crippen LogP contribution in [0.2, 0.25) is 0 Å². The molecule has 0 aliphatic rings. The fourth-order valence-corrected chi connectivity index (χ4v) is 8.24. The van der Waals surface area contributed by atoms with Gasteiger partial charge in [0.05, 0.1) is 16.6 Å². The van der Waals surface area contributed by atoms with Crippen LogP contribution in [-0.2, 0) is 37.3 Å². The number of phenols is 1. The van der Waals surface area contributed by atoms with E-state index >= 15 is 0 Å². The van der Waals surface area contributed by atoms with Crippen LogP contribution < -0.4 is 0 Å². The second-order valence-electron chi connectivity index (χ2n) is 18.0. The Morgan fingerprint density at radius 1 is 0.610 bits per heavy atom. The molecule has 1 N–H and O–H groups in total. The molecule has 0 aliphatic carbocycles. The number of aromatic nitrogens is 3. The summed E-state index contributed by atoms with van der Waals surface area (Å²) in [5.41, 5.74) is 12.1. The van der Waals surface area contributed by atoms with Crippen LogP contribution in [0.25, 0.3) is 72.4 Å². The minimum Gasteiger partial charge on any atom is -0.507 e. The maximum atomic E-state index is 12.2. The molecule has 6 aromatic carbocycles. The van der Waals surface area contributed by atoms with Gasteiger partial charge < -0.3 is 9.52 Å². The van der Waals surface area contributed by atoms with Gasteiger partial charge in [-0.3, -0.25) is 9.55 Å². The third kappa shape index (κ3) is 7.00. The fraction of sp³-hybridized carbons (Fsp3) is 0.208. The maximum Gasteiger partial charge on any atom is 0.148 e. The van der Waals surface area contributed by atoms with Crippen LogP contribution in [0, 0.1) is 6.07 Å². The second-order valence-corrected chi connectivity index (χ2v) is 18.0. The summed E-state index contributed by atoms with van der Waals surface area (Å²) in [6, 6.07) is 50.0. The number of imidazole rings is 1. The first-order chi connectivity index (χ1) is 27.7. The topological polar surface area (TPSA) is 64.1 Å². The van der Waals surface area contributed by atoms with Gasteiger partial charge in [0.1, 0.15) is 22.7 Å². The quantitative estimate of drug-likeness (QED) is 0.169. The van der Waals surface area contributed by atoms with Crippen molar-refractivity contribution in [1.29, 1.82) is 0 Å². The molecule has 5 nitrogen and oxygen atoms in total. The fourth-order valence-electron chi connectivity index (χ4n) is 8.24. The molecule has 0 spiro atoms. The van der Waals surface area contributed by atoms with Gasteiger partial charge in [-0.15, -0.1) is 29.3 Å². The van der Waals surface area contributed by atoms with Crippen molar-refractivity contribution in [1.82, 2.24) is 14.5 Å². The Hall–Kier alpha value is -5.77. The molecule has 3 heterocycles. The van der Waals surface area contributed by atoms with Crippen molar-refractivity contribution in [3.63, 3.8) is 0 Å². The van der Waals surface area contributed by atoms with E-state index in [9.17, 15) is 5.11 Å². The molecular formula is C53H48N3O2Pt-. The van der Waals surface area contributed by atoms with Gasteiger partial charge in [-0.05, 0) is 58.4 Å². The Balaban J connectivity index is 0.00000484. The Labute approximate surface area is 361 Å². The van der Waals surface area contributed by atoms with Crippen molar-refractivity contribution in [3.8, 4) is 45.2 Å². The van der Waals surface area contributed by atoms with Crippen molar-refractivity contribution >= 4 is 33.0 Å². The largest absolute Gasteiger partial charge is 0.507 e. The summed E-state index contributed by atoms with van der Waals surface area (Å²) in [4.78, 5) is 10.5. The van der Waals surface area contributed by atoms with Gasteiger partial charge in [0.15, 0.2) is 0 Å². The molecule has 0 saturated carbocycles. The molecule has 0 bridgehead atoms. The first kappa shape index (κ1) is 40.0. The van der Waals surface area contributed by atoms with E-state index in [1.165, 1.54) is 5.56 Å². The van der Waals surface area contributed by atoms with Gasteiger partial charge in [-0.1, -0.05) is 151 Å². The van der Waals surface area contributed by atoms with Crippen LogP contribution in [0.5, 0.6) is 5.75 Å². The monoisotopic (exact) mass is 953 g/mol. The van der Waals surface area contributed by atoms with Gasteiger partial charge in [-0.2, -0.15) is 0 Å². The van der Waals surface area contributed by atoms with Crippen molar-refractivity contribution < 1.29 is 30.6 Å². The van der Waals surface area contributed by atoms with Crippen molar-refractivity contribution in [2.75, 3.05) is 0 Å². The maximum absolute atomic E-state index is 12.2. The summed E-state index contributed by atoms with van der Waals surface area (Å²) >= 11 is 0. The van der Waals surface area contributed by atoms with E-state index in [2.05, 4.69) is 157 Å². The number of fused-ring (bicyclic) bond motifs is 4. The van der Waals surface area contributed by atoms with Crippen molar-refractivity contribution in [2.24, 2.45) is 0 Å². The van der Waals surface area contributed by atoms with Crippen LogP contribution in [-0.4, -0.2) is 19.6 Å². The van der Waals surface area contributed by atoms with E-state index in [4.69, 9.17) is 14.4 Å². The number of aromatic hydroxyl groups is 1. The van der Waals surface area contributed by atoms with E-state index < -0.39 is 0 Å². The normalized spacial score (nSPS) is 12.3. The van der Waals surface area contributed by atoms with Gasteiger partial charge in [-0.25, -0.2) is 4.98 Å². The zero-order chi connectivity index (χ0) is 40.6. The predicted octanol–water partition coefficient (Wildman–Crippen LogP) is 13.7. The Morgan fingerprint density at radius 2 is 1.29 bits per heavy atom. The summed E-state index contributed by atoms with van der Waals surface area (Å²) in [5, 5.41) is 14.2. The third-order valence-corrected chi connectivity index (χ3v) is 11.6. The van der Waals surface area contributed by atoms with Crippen LogP contribution in [0.1, 0.15) is 77.6 Å². The molecule has 298 valence electrons. The average Bonchev–Trinajstić information content (AvgIpc) is 3.79. The molecule has 0 fully saturated rings. The first-order valence-corrected chi connectivity index (χ1v) is 20.1. The molecule has 0 unspecified atom stereocenters. The van der Waals surface area contributed by atoms with Crippen molar-refractivity contribution in [3.05, 3.63) is 168 Å². The summed E-state index contributed by atoms with van der Waals surface area (Å²) in [6.45, 7) is 17.6. The van der Waals surface area contributed by atoms with E-state index in [0.717, 1.165) is 77.7 Å². The number of hydrogen-bond acceptors (Lipinski definition) is 4. The van der Waals surface area contributed by atoms with Gasteiger partial charge >= 0.3 is 0 Å². The standard InChI is InChI=1S/C53H48N3O2.Pt/c1-51(2,3)36-31-41(49(57)42(32-36)52(4,5)6)50-55-48-39(23-17-24-43(48)56(50)38-20-13-10-14-21-38)33-28-34(30-37(29-33)53(7,8)35-18-11-9-12-19-35)47-46-40-22-15-16-25-44(40)58-45(46)26-27-54-47;/h9-27,29-32,57H,1-8H3;/q-1;. The summed E-state index contributed by atoms with van der Waals surface area (Å²) in [5.74, 6) is 0.932. The van der Waals surface area contributed by atoms with E-state index in [0.29, 0.717) is 11.4 Å². The van der Waals surface area contributed by atoms with Crippen LogP contribution >= 0.6 is 0 Å². The number of nitrogens with zero attached hydrogens (tertiary/aromatic N) is 3. The average molecular weight is 954 g/mol. The van der Waals surface area contributed by atoms with Crippen LogP contribution in [0.4, 0.5) is 0 Å². The Morgan fingerprint density at radius 3 is 2.00 bits per heavy atom. The number of pyridine rings is 1. The predicted molar refractivity (Wildman–Crippen MR) is 239 cm³/mol. The van der Waals surface area contributed by atoms with Crippen LogP contribution in [0.15, 0.2) is 144 Å². The molecule has 0 atom stereocenters. The molecule has 0 amide bonds. The van der Waals surface area contributed by atoms with Crippen LogP contribution in [0.3, 0.4) is 0 Å². The van der Waals surface area contributed by atoms with E-state index in [1.54, 1.807) is 0 Å². The zero-order valence-corrected chi connectivity index (χ0v) is 37.1. The molecule has 3 aromatic heterocycles. The molecule has 6 heteroatoms. The summed E-state index contributed by atoms with van der Waals surface area (Å²) in [7, 11) is 0. The minimum atomic E-state index is -0.364. The number of para-hydroxylation sites is 3. The Bertz CT molecular complexity index is 3000. The van der Waals surface area contributed by atoms with E-state index in [-0.39, 0.29) is 43.1 Å². The van der Waals surface area contributed by atoms with Gasteiger partial charge in [0, 0.05) is 60.4 Å². The second kappa shape index (κ2) is 14.8. The SMILES string of the molecule is CC(C)(C)c1cc(-c2nc3c(-c4[c-]c(-c5nccc6oc7ccccc7c56)cc(C(C)(C)c5ccccc5)c4)cccc3n2-c2ccccc2)c(O)c(C(C)(C)C)c1.[Pt]. The molecule has 9 aromatic rings. The first-order valence-electron chi connectivity index (χ1n) is 20.1. The molecule has 9 rings (SSSR count). The molecule has 0 aliphatic heterocycles. The number of phenolic OH excluding ortho intramolecular Hbond substituents is 1. The summed E-state index contributed by atoms with van der Waals surface area (Å²) in [6.07, 6.45) is 1.82. The molecule has 0 saturated heterocycles. The number of benzene rings is 6. The number of hydrogen-bond donors (Lipinski definition) is 1. The zero-order valence-electron chi connectivity index (χ0n) is 34.8. The number of furan rings is 1. The smallest absolute Gasteiger partial charge is 0.148 e. The summed E-state index contributed by atoms with van der Waals surface area (Å²) < 4.78 is 8.52. The Kier molecular flexibility index (Phi) is 10.0. The van der Waals surface area contributed by atoms with Crippen molar-refractivity contribution in [2.45, 2.75) is 71.6 Å². The van der Waals surface area contributed by atoms with Gasteiger partial charge in [0.2, 0.25) is 0 Å². The number of rotatable bonds is 6.